The quantitative estimate of drug-likeness (QED) is 0.171. The van der Waals surface area contributed by atoms with Crippen LogP contribution >= 0.6 is 0 Å². The first-order valence-electron chi connectivity index (χ1n) is 16.2. The zero-order valence-electron chi connectivity index (χ0n) is 26.5. The van der Waals surface area contributed by atoms with E-state index >= 15 is 4.39 Å². The summed E-state index contributed by atoms with van der Waals surface area (Å²) in [5.74, 6) is 0.620. The molecule has 0 aliphatic carbocycles. The van der Waals surface area contributed by atoms with E-state index in [9.17, 15) is 27.1 Å². The van der Waals surface area contributed by atoms with Gasteiger partial charge in [0.15, 0.2) is 5.82 Å². The molecule has 2 aromatic heterocycles. The van der Waals surface area contributed by atoms with Crippen molar-refractivity contribution in [3.63, 3.8) is 0 Å². The molecule has 14 heteroatoms. The monoisotopic (exact) mass is 692 g/mol. The fraction of sp³-hybridized carbons (Fsp3) is 0.361. The van der Waals surface area contributed by atoms with Gasteiger partial charge in [-0.15, -0.1) is 6.42 Å². The van der Waals surface area contributed by atoms with E-state index in [0.717, 1.165) is 18.6 Å². The van der Waals surface area contributed by atoms with Gasteiger partial charge < -0.3 is 20.1 Å². The number of phenolic OH excluding ortho intramolecular Hbond substituents is 1. The van der Waals surface area contributed by atoms with Crippen LogP contribution in [0.3, 0.4) is 0 Å². The van der Waals surface area contributed by atoms with E-state index in [2.05, 4.69) is 26.2 Å². The number of phenols is 1. The first kappa shape index (κ1) is 32.3. The number of nitrogens with one attached hydrogen (secondary N) is 1. The molecule has 0 saturated carbocycles. The summed E-state index contributed by atoms with van der Waals surface area (Å²) in [6, 6.07) is 4.78. The molecule has 8 rings (SSSR count). The Hall–Kier alpha value is -4.87. The van der Waals surface area contributed by atoms with E-state index in [1.165, 1.54) is 24.4 Å². The number of hydrogen-bond acceptors (Lipinski definition) is 8. The maximum Gasteiger partial charge on any atom is 0.319 e. The summed E-state index contributed by atoms with van der Waals surface area (Å²) in [4.78, 5) is 17.2. The molecular formula is C36H30F6N6O2. The number of ether oxygens (including phenoxy) is 1. The molecule has 2 unspecified atom stereocenters. The summed E-state index contributed by atoms with van der Waals surface area (Å²) in [5.41, 5.74) is -2.33. The van der Waals surface area contributed by atoms with Crippen LogP contribution in [0.5, 0.6) is 11.8 Å². The summed E-state index contributed by atoms with van der Waals surface area (Å²) in [6.45, 7) is 1.15. The number of nitrogens with zero attached hydrogens (tertiary/aromatic N) is 5. The molecule has 0 amide bonds. The van der Waals surface area contributed by atoms with Crippen LogP contribution in [0.15, 0.2) is 54.3 Å². The van der Waals surface area contributed by atoms with Gasteiger partial charge >= 0.3 is 6.01 Å². The average Bonchev–Trinajstić information content (AvgIpc) is 3.73. The van der Waals surface area contributed by atoms with E-state index < -0.39 is 34.9 Å². The Balaban J connectivity index is 1.28. The van der Waals surface area contributed by atoms with E-state index in [-0.39, 0.29) is 88.4 Å². The first-order valence-corrected chi connectivity index (χ1v) is 16.2. The summed E-state index contributed by atoms with van der Waals surface area (Å²) in [5, 5.41) is 14.5. The lowest BCUT2D eigenvalue weighted by Crippen LogP contribution is -2.59. The second-order valence-corrected chi connectivity index (χ2v) is 13.6. The lowest BCUT2D eigenvalue weighted by atomic mass is 9.94. The summed E-state index contributed by atoms with van der Waals surface area (Å²) in [7, 11) is 0. The topological polar surface area (TPSA) is 86.6 Å². The largest absolute Gasteiger partial charge is 0.508 e. The standard InChI is InChI=1S/C36H30F6N6O2/c1-2-23-26(37)5-4-19-10-22(49)11-24(28(19)23)30-29(40)31-25(14-43-30)33(47-16-21-6-8-35(17-47,46-21)13-27(38)39)45-34(44-31)50-18-36-7-3-9-48(36)15-20(12-36)32(41)42/h1,4-5,10-11,13-14,21,46,49H,3,6-9,12,15-18H2/t21?,35?,36-/m0/s1. The van der Waals surface area contributed by atoms with Crippen LogP contribution in [0.25, 0.3) is 32.9 Å². The molecule has 4 fully saturated rings. The third-order valence-corrected chi connectivity index (χ3v) is 10.5. The molecule has 3 atom stereocenters. The molecule has 4 aliphatic heterocycles. The first-order chi connectivity index (χ1) is 24.0. The summed E-state index contributed by atoms with van der Waals surface area (Å²) in [6.07, 6.45) is 6.94. The number of hydrogen-bond donors (Lipinski definition) is 2. The smallest absolute Gasteiger partial charge is 0.319 e. The zero-order chi connectivity index (χ0) is 34.9. The number of halogens is 6. The Bertz CT molecular complexity index is 2180. The van der Waals surface area contributed by atoms with Gasteiger partial charge in [0.1, 0.15) is 35.2 Å². The van der Waals surface area contributed by atoms with Gasteiger partial charge in [-0.2, -0.15) is 27.5 Å². The predicted octanol–water partition coefficient (Wildman–Crippen LogP) is 6.67. The summed E-state index contributed by atoms with van der Waals surface area (Å²) < 4.78 is 92.4. The molecule has 2 aromatic carbocycles. The van der Waals surface area contributed by atoms with Crippen LogP contribution in [0.1, 0.15) is 37.7 Å². The highest BCUT2D eigenvalue weighted by atomic mass is 19.3. The van der Waals surface area contributed by atoms with Gasteiger partial charge in [-0.25, -0.2) is 8.78 Å². The highest BCUT2D eigenvalue weighted by molar-refractivity contribution is 6.03. The molecule has 0 spiro atoms. The van der Waals surface area contributed by atoms with Crippen LogP contribution in [0.2, 0.25) is 0 Å². The van der Waals surface area contributed by atoms with Crippen molar-refractivity contribution < 1.29 is 36.2 Å². The van der Waals surface area contributed by atoms with Gasteiger partial charge in [-0.3, -0.25) is 9.88 Å². The van der Waals surface area contributed by atoms with Crippen LogP contribution in [-0.4, -0.2) is 74.9 Å². The van der Waals surface area contributed by atoms with Crippen LogP contribution in [0.4, 0.5) is 32.2 Å². The number of piperazine rings is 1. The molecule has 2 bridgehead atoms. The number of fused-ring (bicyclic) bond motifs is 5. The molecule has 0 radical (unpaired) electrons. The van der Waals surface area contributed by atoms with Crippen LogP contribution < -0.4 is 15.0 Å². The lowest BCUT2D eigenvalue weighted by Gasteiger charge is -2.40. The Morgan fingerprint density at radius 1 is 1.16 bits per heavy atom. The van der Waals surface area contributed by atoms with Crippen molar-refractivity contribution in [2.45, 2.75) is 49.2 Å². The summed E-state index contributed by atoms with van der Waals surface area (Å²) >= 11 is 0. The molecule has 50 heavy (non-hydrogen) atoms. The van der Waals surface area contributed by atoms with Crippen molar-refractivity contribution in [2.75, 3.05) is 37.7 Å². The SMILES string of the molecule is C#Cc1c(F)ccc2cc(O)cc(-c3ncc4c(N5CC6CCC(C=C(F)F)(C5)N6)nc(OC[C@@]56CCCN5CC(=C(F)F)C6)nc4c3F)c12. The maximum absolute atomic E-state index is 16.9. The van der Waals surface area contributed by atoms with E-state index in [4.69, 9.17) is 11.2 Å². The third-order valence-electron chi connectivity index (χ3n) is 10.5. The second kappa shape index (κ2) is 11.9. The molecule has 4 saturated heterocycles. The molecule has 8 nitrogen and oxygen atoms in total. The molecule has 258 valence electrons. The number of anilines is 1. The predicted molar refractivity (Wildman–Crippen MR) is 174 cm³/mol. The van der Waals surface area contributed by atoms with Crippen molar-refractivity contribution >= 4 is 27.5 Å². The number of terminal acetylenes is 1. The number of aromatic nitrogens is 3. The third kappa shape index (κ3) is 5.30. The van der Waals surface area contributed by atoms with Crippen molar-refractivity contribution in [3.05, 3.63) is 71.5 Å². The minimum Gasteiger partial charge on any atom is -0.508 e. The normalized spacial score (nSPS) is 24.5. The molecule has 6 heterocycles. The lowest BCUT2D eigenvalue weighted by molar-refractivity contribution is 0.108. The Morgan fingerprint density at radius 2 is 2.00 bits per heavy atom. The van der Waals surface area contributed by atoms with Crippen molar-refractivity contribution in [1.82, 2.24) is 25.2 Å². The minimum absolute atomic E-state index is 0.0243. The second-order valence-electron chi connectivity index (χ2n) is 13.6. The molecular weight excluding hydrogens is 662 g/mol. The maximum atomic E-state index is 16.9. The van der Waals surface area contributed by atoms with Crippen molar-refractivity contribution in [1.29, 1.82) is 0 Å². The minimum atomic E-state index is -1.83. The Morgan fingerprint density at radius 3 is 2.78 bits per heavy atom. The number of aromatic hydroxyl groups is 1. The van der Waals surface area contributed by atoms with Crippen molar-refractivity contribution in [2.24, 2.45) is 0 Å². The van der Waals surface area contributed by atoms with Gasteiger partial charge in [-0.05, 0) is 62.2 Å². The van der Waals surface area contributed by atoms with Gasteiger partial charge in [0.2, 0.25) is 0 Å². The Labute approximate surface area is 282 Å². The number of pyridine rings is 1. The highest BCUT2D eigenvalue weighted by Gasteiger charge is 2.49. The van der Waals surface area contributed by atoms with Gasteiger partial charge in [0.05, 0.1) is 22.0 Å². The van der Waals surface area contributed by atoms with E-state index in [1.807, 2.05) is 4.90 Å². The van der Waals surface area contributed by atoms with Crippen molar-refractivity contribution in [3.8, 4) is 35.4 Å². The fourth-order valence-electron chi connectivity index (χ4n) is 8.38. The van der Waals surface area contributed by atoms with Gasteiger partial charge in [0, 0.05) is 54.5 Å². The van der Waals surface area contributed by atoms with Gasteiger partial charge in [-0.1, -0.05) is 12.0 Å². The highest BCUT2D eigenvalue weighted by Crippen LogP contribution is 2.44. The molecule has 4 aliphatic rings. The van der Waals surface area contributed by atoms with Gasteiger partial charge in [0.25, 0.3) is 12.2 Å². The molecule has 4 aromatic rings. The number of rotatable bonds is 6. The fourth-order valence-corrected chi connectivity index (χ4v) is 8.38. The zero-order valence-corrected chi connectivity index (χ0v) is 26.5. The average molecular weight is 693 g/mol. The van der Waals surface area contributed by atoms with Crippen LogP contribution in [0, 0.1) is 24.0 Å². The molecule has 2 N–H and O–H groups in total. The van der Waals surface area contributed by atoms with E-state index in [1.54, 1.807) is 4.90 Å². The van der Waals surface area contributed by atoms with Crippen LogP contribution in [-0.2, 0) is 0 Å². The number of benzene rings is 2. The van der Waals surface area contributed by atoms with E-state index in [0.29, 0.717) is 37.7 Å². The Kier molecular flexibility index (Phi) is 7.68.